The number of nitrogens with zero attached hydrogens (tertiary/aromatic N) is 2. The maximum Gasteiger partial charge on any atom is 0.0545 e. The summed E-state index contributed by atoms with van der Waals surface area (Å²) in [6.45, 7) is 19.7. The zero-order valence-electron chi connectivity index (χ0n) is 36.4. The zero-order chi connectivity index (χ0) is 41.1. The third-order valence-electron chi connectivity index (χ3n) is 15.8. The third-order valence-corrected chi connectivity index (χ3v) is 15.8. The summed E-state index contributed by atoms with van der Waals surface area (Å²) in [5, 5.41) is 2.49. The molecule has 6 aliphatic rings. The molecule has 3 aliphatic heterocycles. The van der Waals surface area contributed by atoms with Crippen molar-refractivity contribution in [3.05, 3.63) is 189 Å². The molecule has 0 N–H and O–H groups in total. The van der Waals surface area contributed by atoms with E-state index >= 15 is 0 Å². The SMILES string of the molecule is CC1(C)C2=C(C=CCC2)c2ccc(-c3ccc(N(c4cc5c6c(c4)C(C)(C)c4cccc7c4N6C4=C(CCC=C4C5(C)C)C7(C)C)c4cccc5ccccc45)cc3)cc21. The van der Waals surface area contributed by atoms with Crippen molar-refractivity contribution in [2.45, 2.75) is 103 Å². The molecule has 0 fully saturated rings. The molecule has 0 atom stereocenters. The van der Waals surface area contributed by atoms with Crippen LogP contribution in [0.2, 0.25) is 0 Å². The van der Waals surface area contributed by atoms with E-state index in [1.54, 1.807) is 11.1 Å². The summed E-state index contributed by atoms with van der Waals surface area (Å²) < 4.78 is 0. The number of hydrogen-bond acceptors (Lipinski definition) is 2. The Morgan fingerprint density at radius 3 is 1.97 bits per heavy atom. The van der Waals surface area contributed by atoms with Crippen molar-refractivity contribution in [3.63, 3.8) is 0 Å². The maximum atomic E-state index is 2.72. The van der Waals surface area contributed by atoms with Crippen LogP contribution in [-0.2, 0) is 21.7 Å². The largest absolute Gasteiger partial charge is 0.310 e. The maximum absolute atomic E-state index is 2.72. The van der Waals surface area contributed by atoms with Crippen LogP contribution in [-0.4, -0.2) is 0 Å². The van der Waals surface area contributed by atoms with Crippen molar-refractivity contribution >= 4 is 44.8 Å². The molecule has 0 aromatic heterocycles. The minimum atomic E-state index is -0.221. The summed E-state index contributed by atoms with van der Waals surface area (Å²) in [6.07, 6.45) is 11.8. The smallest absolute Gasteiger partial charge is 0.0545 e. The lowest BCUT2D eigenvalue weighted by atomic mass is 9.58. The van der Waals surface area contributed by atoms with Crippen LogP contribution in [0.3, 0.4) is 0 Å². The van der Waals surface area contributed by atoms with Gasteiger partial charge in [-0.25, -0.2) is 0 Å². The van der Waals surface area contributed by atoms with Crippen LogP contribution in [0, 0.1) is 0 Å². The molecule has 60 heavy (non-hydrogen) atoms. The molecule has 0 amide bonds. The van der Waals surface area contributed by atoms with Crippen LogP contribution < -0.4 is 9.80 Å². The second-order valence-corrected chi connectivity index (χ2v) is 20.4. The van der Waals surface area contributed by atoms with Gasteiger partial charge >= 0.3 is 0 Å². The van der Waals surface area contributed by atoms with Gasteiger partial charge in [0.25, 0.3) is 0 Å². The van der Waals surface area contributed by atoms with Crippen molar-refractivity contribution in [1.29, 1.82) is 0 Å². The van der Waals surface area contributed by atoms with Crippen molar-refractivity contribution in [2.24, 2.45) is 0 Å². The second kappa shape index (κ2) is 11.9. The Morgan fingerprint density at radius 1 is 0.517 bits per heavy atom. The van der Waals surface area contributed by atoms with E-state index in [4.69, 9.17) is 0 Å². The van der Waals surface area contributed by atoms with Gasteiger partial charge in [-0.15, -0.1) is 0 Å². The van der Waals surface area contributed by atoms with Crippen LogP contribution >= 0.6 is 0 Å². The fourth-order valence-electron chi connectivity index (χ4n) is 12.5. The summed E-state index contributed by atoms with van der Waals surface area (Å²) in [7, 11) is 0. The quantitative estimate of drug-likeness (QED) is 0.176. The van der Waals surface area contributed by atoms with Gasteiger partial charge in [-0.3, -0.25) is 0 Å². The monoisotopic (exact) mass is 778 g/mol. The summed E-state index contributed by atoms with van der Waals surface area (Å²) in [5.74, 6) is 0. The first kappa shape index (κ1) is 36.0. The number of para-hydroxylation sites is 1. The first-order valence-corrected chi connectivity index (χ1v) is 22.3. The number of benzene rings is 6. The lowest BCUT2D eigenvalue weighted by Crippen LogP contribution is -2.47. The predicted molar refractivity (Wildman–Crippen MR) is 253 cm³/mol. The fraction of sp³-hybridized carbons (Fsp3) is 0.276. The summed E-state index contributed by atoms with van der Waals surface area (Å²) in [6, 6.07) is 44.5. The molecular formula is C58H54N2. The Bertz CT molecular complexity index is 3020. The molecule has 0 saturated carbocycles. The molecule has 0 spiro atoms. The van der Waals surface area contributed by atoms with E-state index in [0.717, 1.165) is 31.4 Å². The van der Waals surface area contributed by atoms with E-state index in [0.29, 0.717) is 0 Å². The molecule has 0 bridgehead atoms. The molecule has 2 nitrogen and oxygen atoms in total. The van der Waals surface area contributed by atoms with Gasteiger partial charge in [0.15, 0.2) is 0 Å². The van der Waals surface area contributed by atoms with Crippen LogP contribution in [0.4, 0.5) is 28.4 Å². The van der Waals surface area contributed by atoms with Gasteiger partial charge in [-0.05, 0) is 129 Å². The molecule has 6 aromatic rings. The van der Waals surface area contributed by atoms with Crippen LogP contribution in [0.25, 0.3) is 27.5 Å². The Hall–Kier alpha value is -5.86. The van der Waals surface area contributed by atoms with Crippen molar-refractivity contribution in [2.75, 3.05) is 9.80 Å². The zero-order valence-corrected chi connectivity index (χ0v) is 36.4. The molecule has 2 heteroatoms. The highest BCUT2D eigenvalue weighted by molar-refractivity contribution is 6.01. The molecule has 12 rings (SSSR count). The van der Waals surface area contributed by atoms with E-state index in [1.807, 2.05) is 0 Å². The predicted octanol–water partition coefficient (Wildman–Crippen LogP) is 15.7. The Morgan fingerprint density at radius 2 is 1.17 bits per heavy atom. The van der Waals surface area contributed by atoms with E-state index in [1.165, 1.54) is 94.9 Å². The minimum absolute atomic E-state index is 0.0290. The summed E-state index contributed by atoms with van der Waals surface area (Å²) >= 11 is 0. The molecule has 296 valence electrons. The minimum Gasteiger partial charge on any atom is -0.310 e. The number of anilines is 5. The van der Waals surface area contributed by atoms with E-state index < -0.39 is 0 Å². The highest BCUT2D eigenvalue weighted by Crippen LogP contribution is 2.66. The highest BCUT2D eigenvalue weighted by atomic mass is 15.2. The van der Waals surface area contributed by atoms with E-state index in [-0.39, 0.29) is 21.7 Å². The van der Waals surface area contributed by atoms with Crippen LogP contribution in [0.5, 0.6) is 0 Å². The highest BCUT2D eigenvalue weighted by Gasteiger charge is 2.53. The molecule has 0 unspecified atom stereocenters. The van der Waals surface area contributed by atoms with E-state index in [9.17, 15) is 0 Å². The second-order valence-electron chi connectivity index (χ2n) is 20.4. The molecule has 6 aromatic carbocycles. The van der Waals surface area contributed by atoms with Crippen molar-refractivity contribution < 1.29 is 0 Å². The van der Waals surface area contributed by atoms with Gasteiger partial charge in [-0.1, -0.05) is 158 Å². The standard InChI is InChI=1S/C58H54N2/c1-55(2)43-20-12-11-19-41(43)42-31-28-37(32-48(42)55)35-26-29-38(30-27-35)59(51-25-13-17-36-16-9-10-18-40(36)51)39-33-49-54-50(34-39)58(7,8)47-24-15-22-45-53(47)60(54)52-44(56(45,3)4)21-14-23-46(52)57(49,5)6/h9-11,13-14,16-19,21,23-34H,12,15,20,22H2,1-8H3. The molecule has 3 heterocycles. The van der Waals surface area contributed by atoms with E-state index in [2.05, 4.69) is 199 Å². The van der Waals surface area contributed by atoms with Crippen molar-refractivity contribution in [3.8, 4) is 11.1 Å². The first-order chi connectivity index (χ1) is 28.8. The number of hydrogen-bond donors (Lipinski definition) is 0. The number of fused-ring (bicyclic) bond motifs is 3. The Balaban J connectivity index is 1.07. The Kier molecular flexibility index (Phi) is 7.15. The van der Waals surface area contributed by atoms with Crippen molar-refractivity contribution in [1.82, 2.24) is 0 Å². The normalized spacial score (nSPS) is 20.1. The average molecular weight is 779 g/mol. The van der Waals surface area contributed by atoms with Gasteiger partial charge in [-0.2, -0.15) is 0 Å². The average Bonchev–Trinajstić information content (AvgIpc) is 3.48. The topological polar surface area (TPSA) is 6.48 Å². The van der Waals surface area contributed by atoms with Crippen LogP contribution in [0.15, 0.2) is 156 Å². The van der Waals surface area contributed by atoms with Crippen LogP contribution in [0.1, 0.15) is 114 Å². The Labute approximate surface area is 356 Å². The fourth-order valence-corrected chi connectivity index (χ4v) is 12.5. The molecule has 0 radical (unpaired) electrons. The molecular weight excluding hydrogens is 725 g/mol. The third kappa shape index (κ3) is 4.55. The molecule has 0 saturated heterocycles. The number of rotatable bonds is 4. The van der Waals surface area contributed by atoms with Gasteiger partial charge in [0.05, 0.1) is 22.8 Å². The summed E-state index contributed by atoms with van der Waals surface area (Å²) in [5.41, 5.74) is 24.7. The van der Waals surface area contributed by atoms with Gasteiger partial charge in [0.2, 0.25) is 0 Å². The number of allylic oxidation sites excluding steroid dienone is 7. The van der Waals surface area contributed by atoms with Gasteiger partial charge < -0.3 is 9.80 Å². The first-order valence-electron chi connectivity index (χ1n) is 22.3. The summed E-state index contributed by atoms with van der Waals surface area (Å²) in [4.78, 5) is 5.26. The van der Waals surface area contributed by atoms with Gasteiger partial charge in [0, 0.05) is 38.4 Å². The van der Waals surface area contributed by atoms with Gasteiger partial charge in [0.1, 0.15) is 0 Å². The molecule has 3 aliphatic carbocycles. The lowest BCUT2D eigenvalue weighted by molar-refractivity contribution is 0.516. The lowest BCUT2D eigenvalue weighted by Gasteiger charge is -2.57.